The van der Waals surface area contributed by atoms with Crippen molar-refractivity contribution in [3.8, 4) is 0 Å². The molecule has 0 aliphatic carbocycles. The molecule has 0 amide bonds. The summed E-state index contributed by atoms with van der Waals surface area (Å²) in [7, 11) is -3.91. The predicted molar refractivity (Wildman–Crippen MR) is 65.1 cm³/mol. The third kappa shape index (κ3) is 2.65. The van der Waals surface area contributed by atoms with Gasteiger partial charge in [-0.2, -0.15) is 0 Å². The van der Waals surface area contributed by atoms with Gasteiger partial charge < -0.3 is 0 Å². The van der Waals surface area contributed by atoms with E-state index in [-0.39, 0.29) is 4.90 Å². The van der Waals surface area contributed by atoms with Gasteiger partial charge in [-0.25, -0.2) is 21.9 Å². The first-order valence-electron chi connectivity index (χ1n) is 5.26. The monoisotopic (exact) mass is 271 g/mol. The van der Waals surface area contributed by atoms with Crippen molar-refractivity contribution in [1.82, 2.24) is 4.72 Å². The molecule has 3 nitrogen and oxygen atoms in total. The first-order chi connectivity index (χ1) is 8.50. The molecule has 0 spiro atoms. The summed E-state index contributed by atoms with van der Waals surface area (Å²) in [6, 6.07) is 11.6. The Balaban J connectivity index is 2.47. The smallest absolute Gasteiger partial charge is 0.209 e. The Labute approximate surface area is 103 Å². The maximum absolute atomic E-state index is 12.1. The average Bonchev–Trinajstić information content (AvgIpc) is 2.36. The number of halogens is 2. The van der Waals surface area contributed by atoms with Crippen LogP contribution in [0, 0.1) is 0 Å². The van der Waals surface area contributed by atoms with E-state index in [9.17, 15) is 17.2 Å². The third-order valence-corrected chi connectivity index (χ3v) is 3.95. The second kappa shape index (κ2) is 4.99. The Morgan fingerprint density at radius 1 is 1.06 bits per heavy atom. The van der Waals surface area contributed by atoms with Crippen LogP contribution in [0.3, 0.4) is 0 Å². The first-order valence-corrected chi connectivity index (χ1v) is 6.74. The maximum Gasteiger partial charge on any atom is 0.251 e. The zero-order chi connectivity index (χ0) is 13.2. The number of nitrogens with one attached hydrogen (secondary N) is 1. The van der Waals surface area contributed by atoms with Crippen molar-refractivity contribution in [2.24, 2.45) is 0 Å². The Morgan fingerprint density at radius 3 is 2.44 bits per heavy atom. The van der Waals surface area contributed by atoms with Crippen molar-refractivity contribution in [1.29, 1.82) is 0 Å². The summed E-state index contributed by atoms with van der Waals surface area (Å²) in [4.78, 5) is 0.0150. The topological polar surface area (TPSA) is 46.2 Å². The van der Waals surface area contributed by atoms with Crippen LogP contribution in [-0.2, 0) is 10.0 Å². The van der Waals surface area contributed by atoms with Gasteiger partial charge in [-0.1, -0.05) is 36.4 Å². The fourth-order valence-corrected chi connectivity index (χ4v) is 2.91. The average molecular weight is 271 g/mol. The standard InChI is InChI=1S/C12H11F2NO2S/c13-12(14)8-15-18(16,17)11-7-3-5-9-4-1-2-6-10(9)11/h1-7,12,15H,8H2. The number of fused-ring (bicyclic) bond motifs is 1. The lowest BCUT2D eigenvalue weighted by Gasteiger charge is -2.09. The second-order valence-corrected chi connectivity index (χ2v) is 5.46. The molecule has 18 heavy (non-hydrogen) atoms. The fourth-order valence-electron chi connectivity index (χ4n) is 1.68. The lowest BCUT2D eigenvalue weighted by molar-refractivity contribution is 0.153. The molecule has 0 aliphatic rings. The quantitative estimate of drug-likeness (QED) is 0.928. The Hall–Kier alpha value is -1.53. The lowest BCUT2D eigenvalue weighted by atomic mass is 10.1. The van der Waals surface area contributed by atoms with Crippen molar-refractivity contribution in [3.63, 3.8) is 0 Å². The highest BCUT2D eigenvalue weighted by atomic mass is 32.2. The molecule has 0 fully saturated rings. The van der Waals surface area contributed by atoms with E-state index in [4.69, 9.17) is 0 Å². The number of benzene rings is 2. The summed E-state index contributed by atoms with van der Waals surface area (Å²) in [5.74, 6) is 0. The van der Waals surface area contributed by atoms with Gasteiger partial charge in [0.1, 0.15) is 0 Å². The fraction of sp³-hybridized carbons (Fsp3) is 0.167. The molecule has 0 aromatic heterocycles. The van der Waals surface area contributed by atoms with Crippen LogP contribution < -0.4 is 4.72 Å². The van der Waals surface area contributed by atoms with Crippen molar-refractivity contribution >= 4 is 20.8 Å². The van der Waals surface area contributed by atoms with Crippen LogP contribution in [-0.4, -0.2) is 21.4 Å². The van der Waals surface area contributed by atoms with E-state index >= 15 is 0 Å². The van der Waals surface area contributed by atoms with E-state index in [1.807, 2.05) is 4.72 Å². The Morgan fingerprint density at radius 2 is 1.72 bits per heavy atom. The second-order valence-electron chi connectivity index (χ2n) is 3.72. The Bertz CT molecular complexity index is 651. The van der Waals surface area contributed by atoms with Gasteiger partial charge in [0, 0.05) is 5.39 Å². The molecular formula is C12H11F2NO2S. The Kier molecular flexibility index (Phi) is 3.58. The predicted octanol–water partition coefficient (Wildman–Crippen LogP) is 2.38. The molecule has 0 atom stereocenters. The zero-order valence-corrected chi connectivity index (χ0v) is 10.1. The van der Waals surface area contributed by atoms with Crippen LogP contribution in [0.25, 0.3) is 10.8 Å². The van der Waals surface area contributed by atoms with Gasteiger partial charge in [-0.15, -0.1) is 0 Å². The molecule has 1 N–H and O–H groups in total. The highest BCUT2D eigenvalue weighted by Gasteiger charge is 2.18. The molecular weight excluding hydrogens is 260 g/mol. The number of hydrogen-bond donors (Lipinski definition) is 1. The van der Waals surface area contributed by atoms with Gasteiger partial charge in [0.2, 0.25) is 10.0 Å². The van der Waals surface area contributed by atoms with Gasteiger partial charge in [-0.3, -0.25) is 0 Å². The molecule has 0 radical (unpaired) electrons. The molecule has 2 rings (SSSR count). The van der Waals surface area contributed by atoms with E-state index in [1.165, 1.54) is 6.07 Å². The summed E-state index contributed by atoms with van der Waals surface area (Å²) in [5, 5.41) is 1.26. The lowest BCUT2D eigenvalue weighted by Crippen LogP contribution is -2.28. The summed E-state index contributed by atoms with van der Waals surface area (Å²) in [6.07, 6.45) is -2.71. The van der Waals surface area contributed by atoms with Gasteiger partial charge in [-0.05, 0) is 11.5 Å². The number of rotatable bonds is 4. The molecule has 2 aromatic rings. The van der Waals surface area contributed by atoms with Crippen LogP contribution >= 0.6 is 0 Å². The summed E-state index contributed by atoms with van der Waals surface area (Å²) >= 11 is 0. The summed E-state index contributed by atoms with van der Waals surface area (Å²) < 4.78 is 49.8. The minimum absolute atomic E-state index is 0.0150. The molecule has 0 heterocycles. The van der Waals surface area contributed by atoms with E-state index in [2.05, 4.69) is 0 Å². The number of alkyl halides is 2. The third-order valence-electron chi connectivity index (χ3n) is 2.47. The first kappa shape index (κ1) is 12.9. The van der Waals surface area contributed by atoms with Crippen molar-refractivity contribution in [2.75, 3.05) is 6.54 Å². The van der Waals surface area contributed by atoms with Crippen molar-refractivity contribution in [3.05, 3.63) is 42.5 Å². The molecule has 0 bridgehead atoms. The molecule has 0 unspecified atom stereocenters. The molecule has 6 heteroatoms. The van der Waals surface area contributed by atoms with E-state index in [0.717, 1.165) is 5.39 Å². The maximum atomic E-state index is 12.1. The van der Waals surface area contributed by atoms with E-state index < -0.39 is 23.0 Å². The highest BCUT2D eigenvalue weighted by molar-refractivity contribution is 7.89. The largest absolute Gasteiger partial charge is 0.251 e. The minimum atomic E-state index is -3.91. The normalized spacial score (nSPS) is 12.2. The van der Waals surface area contributed by atoms with Crippen LogP contribution in [0.2, 0.25) is 0 Å². The van der Waals surface area contributed by atoms with Crippen molar-refractivity contribution in [2.45, 2.75) is 11.3 Å². The van der Waals surface area contributed by atoms with Gasteiger partial charge in [0.05, 0.1) is 11.4 Å². The number of sulfonamides is 1. The van der Waals surface area contributed by atoms with Gasteiger partial charge >= 0.3 is 0 Å². The molecule has 2 aromatic carbocycles. The highest BCUT2D eigenvalue weighted by Crippen LogP contribution is 2.22. The van der Waals surface area contributed by atoms with Gasteiger partial charge in [0.15, 0.2) is 0 Å². The van der Waals surface area contributed by atoms with E-state index in [1.54, 1.807) is 36.4 Å². The summed E-state index contributed by atoms with van der Waals surface area (Å²) in [6.45, 7) is -0.883. The van der Waals surface area contributed by atoms with Crippen LogP contribution in [0.15, 0.2) is 47.4 Å². The SMILES string of the molecule is O=S(=O)(NCC(F)F)c1cccc2ccccc12. The summed E-state index contributed by atoms with van der Waals surface area (Å²) in [5.41, 5.74) is 0. The van der Waals surface area contributed by atoms with Crippen molar-refractivity contribution < 1.29 is 17.2 Å². The van der Waals surface area contributed by atoms with Gasteiger partial charge in [0.25, 0.3) is 6.43 Å². The molecule has 0 saturated heterocycles. The molecule has 0 aliphatic heterocycles. The van der Waals surface area contributed by atoms with Crippen LogP contribution in [0.4, 0.5) is 8.78 Å². The molecule has 0 saturated carbocycles. The van der Waals surface area contributed by atoms with E-state index in [0.29, 0.717) is 5.39 Å². The number of hydrogen-bond acceptors (Lipinski definition) is 2. The minimum Gasteiger partial charge on any atom is -0.209 e. The zero-order valence-electron chi connectivity index (χ0n) is 9.31. The van der Waals surface area contributed by atoms with Crippen LogP contribution in [0.5, 0.6) is 0 Å². The van der Waals surface area contributed by atoms with Crippen LogP contribution in [0.1, 0.15) is 0 Å². The molecule has 96 valence electrons.